The number of amides is 1. The zero-order valence-corrected chi connectivity index (χ0v) is 43.9. The van der Waals surface area contributed by atoms with Crippen LogP contribution in [-0.4, -0.2) is 87.5 Å². The summed E-state index contributed by atoms with van der Waals surface area (Å²) in [7, 11) is 0. The first-order valence-electron chi connectivity index (χ1n) is 28.5. The van der Waals surface area contributed by atoms with Crippen molar-refractivity contribution >= 4 is 5.91 Å². The predicted octanol–water partition coefficient (Wildman–Crippen LogP) is 13.9. The third kappa shape index (κ3) is 37.7. The summed E-state index contributed by atoms with van der Waals surface area (Å²) in [6.45, 7) is 3.75. The van der Waals surface area contributed by atoms with Gasteiger partial charge in [0.1, 0.15) is 24.4 Å². The minimum Gasteiger partial charge on any atom is -0.394 e. The van der Waals surface area contributed by atoms with E-state index < -0.39 is 49.5 Å². The second kappa shape index (κ2) is 48.5. The van der Waals surface area contributed by atoms with Crippen LogP contribution in [0, 0.1) is 0 Å². The third-order valence-electron chi connectivity index (χ3n) is 13.3. The first-order valence-corrected chi connectivity index (χ1v) is 28.5. The van der Waals surface area contributed by atoms with E-state index >= 15 is 0 Å². The number of allylic oxidation sites excluding steroid dienone is 9. The lowest BCUT2D eigenvalue weighted by atomic mass is 9.99. The Labute approximate surface area is 417 Å². The molecule has 0 aromatic rings. The van der Waals surface area contributed by atoms with Gasteiger partial charge >= 0.3 is 0 Å². The number of hydrogen-bond acceptors (Lipinski definition) is 8. The fourth-order valence-electron chi connectivity index (χ4n) is 8.77. The number of nitrogens with one attached hydrogen (secondary N) is 1. The molecule has 1 amide bonds. The fourth-order valence-corrected chi connectivity index (χ4v) is 8.77. The van der Waals surface area contributed by atoms with Crippen LogP contribution in [-0.2, 0) is 14.3 Å². The van der Waals surface area contributed by atoms with Crippen molar-refractivity contribution < 1.29 is 39.8 Å². The zero-order valence-electron chi connectivity index (χ0n) is 43.9. The fraction of sp³-hybridized carbons (Fsp3) is 0.814. The minimum absolute atomic E-state index is 0.187. The maximum Gasteiger partial charge on any atom is 0.220 e. The van der Waals surface area contributed by atoms with Crippen molar-refractivity contribution in [2.45, 2.75) is 294 Å². The first kappa shape index (κ1) is 63.9. The molecule has 1 aliphatic rings. The molecule has 396 valence electrons. The Morgan fingerprint density at radius 2 is 0.882 bits per heavy atom. The summed E-state index contributed by atoms with van der Waals surface area (Å²) in [5.41, 5.74) is 0. The molecule has 7 unspecified atom stereocenters. The largest absolute Gasteiger partial charge is 0.394 e. The molecule has 0 aromatic heterocycles. The molecular weight excluding hydrogens is 851 g/mol. The standard InChI is InChI=1S/C59H107NO8/c1-3-5-7-9-11-13-15-17-19-20-21-22-23-24-25-26-27-28-29-30-31-32-33-34-35-37-39-41-43-45-47-49-55(63)60-52(51-67-59-58(66)57(65)56(64)54(50-61)68-59)53(62)48-46-44-42-40-38-36-18-16-14-12-10-8-6-4-2/h15,17,20-21,23-24,38,40,46,48,52-54,56-59,61-62,64-66H,3-14,16,18-19,22,25-37,39,41-45,47,49-51H2,1-2H3,(H,60,63)/b17-15-,21-20-,24-23-,40-38+,48-46+. The van der Waals surface area contributed by atoms with E-state index in [1.807, 2.05) is 6.08 Å². The minimum atomic E-state index is -1.57. The second-order valence-electron chi connectivity index (χ2n) is 19.7. The molecule has 0 spiro atoms. The van der Waals surface area contributed by atoms with Crippen LogP contribution in [0.2, 0.25) is 0 Å². The number of carbonyl (C=O) groups excluding carboxylic acids is 1. The van der Waals surface area contributed by atoms with Gasteiger partial charge in [-0.15, -0.1) is 0 Å². The number of rotatable bonds is 48. The molecule has 9 nitrogen and oxygen atoms in total. The summed E-state index contributed by atoms with van der Waals surface area (Å²) in [4.78, 5) is 13.0. The SMILES string of the molecule is CCCCCCC/C=C\C/C=C\C/C=C\CCCCCCCCCCCCCCCCCCC(=O)NC(COC1OC(CO)C(O)C(O)C1O)C(O)/C=C/CC/C=C/CCCCCCCCCC. The molecule has 0 aromatic carbocycles. The second-order valence-corrected chi connectivity index (χ2v) is 19.7. The first-order chi connectivity index (χ1) is 33.3. The average Bonchev–Trinajstić information content (AvgIpc) is 3.34. The highest BCUT2D eigenvalue weighted by Crippen LogP contribution is 2.23. The molecule has 1 heterocycles. The Morgan fingerprint density at radius 1 is 0.500 bits per heavy atom. The Balaban J connectivity index is 2.17. The van der Waals surface area contributed by atoms with Crippen LogP contribution in [0.15, 0.2) is 60.8 Å². The van der Waals surface area contributed by atoms with Gasteiger partial charge < -0.3 is 40.3 Å². The maximum absolute atomic E-state index is 13.0. The molecule has 1 aliphatic heterocycles. The number of unbranched alkanes of at least 4 members (excludes halogenated alkanes) is 30. The molecule has 1 fully saturated rings. The van der Waals surface area contributed by atoms with E-state index in [2.05, 4.69) is 67.8 Å². The highest BCUT2D eigenvalue weighted by molar-refractivity contribution is 5.76. The van der Waals surface area contributed by atoms with Gasteiger partial charge in [-0.05, 0) is 70.6 Å². The van der Waals surface area contributed by atoms with E-state index in [1.165, 1.54) is 180 Å². The average molecular weight is 959 g/mol. The molecular formula is C59H107NO8. The normalized spacial score (nSPS) is 20.0. The number of aliphatic hydroxyl groups excluding tert-OH is 5. The maximum atomic E-state index is 13.0. The number of hydrogen-bond donors (Lipinski definition) is 6. The van der Waals surface area contributed by atoms with Crippen LogP contribution < -0.4 is 5.32 Å². The number of aliphatic hydroxyl groups is 5. The molecule has 7 atom stereocenters. The molecule has 0 aliphatic carbocycles. The lowest BCUT2D eigenvalue weighted by Gasteiger charge is -2.40. The van der Waals surface area contributed by atoms with Gasteiger partial charge in [0.15, 0.2) is 6.29 Å². The summed E-state index contributed by atoms with van der Waals surface area (Å²) in [5, 5.41) is 54.4. The monoisotopic (exact) mass is 958 g/mol. The lowest BCUT2D eigenvalue weighted by Crippen LogP contribution is -2.60. The highest BCUT2D eigenvalue weighted by atomic mass is 16.7. The Bertz CT molecular complexity index is 1250. The smallest absolute Gasteiger partial charge is 0.220 e. The molecule has 6 N–H and O–H groups in total. The number of ether oxygens (including phenoxy) is 2. The highest BCUT2D eigenvalue weighted by Gasteiger charge is 2.44. The summed E-state index contributed by atoms with van der Waals surface area (Å²) in [5.74, 6) is -0.187. The van der Waals surface area contributed by atoms with Gasteiger partial charge in [-0.25, -0.2) is 0 Å². The summed E-state index contributed by atoms with van der Waals surface area (Å²) < 4.78 is 11.2. The topological polar surface area (TPSA) is 149 Å². The molecule has 68 heavy (non-hydrogen) atoms. The van der Waals surface area contributed by atoms with Crippen LogP contribution in [0.4, 0.5) is 0 Å². The van der Waals surface area contributed by atoms with Crippen molar-refractivity contribution in [2.24, 2.45) is 0 Å². The van der Waals surface area contributed by atoms with Gasteiger partial charge in [0.2, 0.25) is 5.91 Å². The van der Waals surface area contributed by atoms with E-state index in [-0.39, 0.29) is 12.5 Å². The molecule has 0 bridgehead atoms. The van der Waals surface area contributed by atoms with E-state index in [1.54, 1.807) is 6.08 Å². The van der Waals surface area contributed by atoms with Crippen LogP contribution in [0.1, 0.15) is 251 Å². The van der Waals surface area contributed by atoms with Gasteiger partial charge in [-0.2, -0.15) is 0 Å². The van der Waals surface area contributed by atoms with Crippen LogP contribution >= 0.6 is 0 Å². The summed E-state index contributed by atoms with van der Waals surface area (Å²) in [6, 6.07) is -0.822. The van der Waals surface area contributed by atoms with E-state index in [9.17, 15) is 30.3 Å². The van der Waals surface area contributed by atoms with E-state index in [4.69, 9.17) is 9.47 Å². The molecule has 0 radical (unpaired) electrons. The van der Waals surface area contributed by atoms with Gasteiger partial charge in [-0.3, -0.25) is 4.79 Å². The van der Waals surface area contributed by atoms with Gasteiger partial charge in [-0.1, -0.05) is 235 Å². The van der Waals surface area contributed by atoms with Crippen molar-refractivity contribution in [3.63, 3.8) is 0 Å². The van der Waals surface area contributed by atoms with Gasteiger partial charge in [0.25, 0.3) is 0 Å². The summed E-state index contributed by atoms with van der Waals surface area (Å²) in [6.07, 6.45) is 58.6. The quantitative estimate of drug-likeness (QED) is 0.0261. The van der Waals surface area contributed by atoms with Gasteiger partial charge in [0.05, 0.1) is 25.4 Å². The Kier molecular flexibility index (Phi) is 45.6. The van der Waals surface area contributed by atoms with Gasteiger partial charge in [0, 0.05) is 6.42 Å². The molecule has 1 rings (SSSR count). The van der Waals surface area contributed by atoms with E-state index in [0.29, 0.717) is 6.42 Å². The van der Waals surface area contributed by atoms with Crippen molar-refractivity contribution in [3.05, 3.63) is 60.8 Å². The zero-order chi connectivity index (χ0) is 49.4. The van der Waals surface area contributed by atoms with Crippen LogP contribution in [0.25, 0.3) is 0 Å². The summed E-state index contributed by atoms with van der Waals surface area (Å²) >= 11 is 0. The van der Waals surface area contributed by atoms with Crippen molar-refractivity contribution in [2.75, 3.05) is 13.2 Å². The Morgan fingerprint density at radius 3 is 1.34 bits per heavy atom. The predicted molar refractivity (Wildman–Crippen MR) is 286 cm³/mol. The van der Waals surface area contributed by atoms with Crippen LogP contribution in [0.3, 0.4) is 0 Å². The van der Waals surface area contributed by atoms with Crippen molar-refractivity contribution in [3.8, 4) is 0 Å². The third-order valence-corrected chi connectivity index (χ3v) is 13.3. The number of carbonyl (C=O) groups is 1. The van der Waals surface area contributed by atoms with E-state index in [0.717, 1.165) is 51.4 Å². The Hall–Kier alpha value is -2.11. The van der Waals surface area contributed by atoms with Crippen molar-refractivity contribution in [1.29, 1.82) is 0 Å². The molecule has 1 saturated heterocycles. The molecule has 0 saturated carbocycles. The molecule has 9 heteroatoms. The lowest BCUT2D eigenvalue weighted by molar-refractivity contribution is -0.302. The van der Waals surface area contributed by atoms with Crippen molar-refractivity contribution in [1.82, 2.24) is 5.32 Å². The van der Waals surface area contributed by atoms with Crippen LogP contribution in [0.5, 0.6) is 0 Å².